The molecule has 1 heterocycles. The molecule has 0 atom stereocenters. The number of carboxylic acid groups (broad SMARTS) is 1. The highest BCUT2D eigenvalue weighted by atomic mass is 32.2. The van der Waals surface area contributed by atoms with Crippen LogP contribution in [0.1, 0.15) is 45.5 Å². The van der Waals surface area contributed by atoms with Gasteiger partial charge in [0.25, 0.3) is 5.91 Å². The van der Waals surface area contributed by atoms with E-state index in [1.807, 2.05) is 0 Å². The number of nitrogens with zero attached hydrogens (tertiary/aromatic N) is 1. The van der Waals surface area contributed by atoms with Crippen molar-refractivity contribution in [3.63, 3.8) is 0 Å². The summed E-state index contributed by atoms with van der Waals surface area (Å²) in [7, 11) is -3.34. The van der Waals surface area contributed by atoms with Crippen molar-refractivity contribution in [2.24, 2.45) is 0 Å². The Labute approximate surface area is 164 Å². The first-order valence-corrected chi connectivity index (χ1v) is 10.7. The maximum absolute atomic E-state index is 12.5. The quantitative estimate of drug-likeness (QED) is 0.773. The van der Waals surface area contributed by atoms with Gasteiger partial charge in [-0.1, -0.05) is 18.6 Å². The Morgan fingerprint density at radius 2 is 1.46 bits per heavy atom. The standard InChI is InChI=1S/C20H22N2O5S/c23-19(21-18-10-8-17(9-11-18)20(24)25)16-6-4-15(5-7-16)14-28(26,27)22-12-2-1-3-13-22/h4-11H,1-3,12-14H2,(H,21,23)(H,24,25). The largest absolute Gasteiger partial charge is 0.478 e. The molecule has 0 unspecified atom stereocenters. The van der Waals surface area contributed by atoms with Crippen molar-refractivity contribution in [3.05, 3.63) is 65.2 Å². The number of carbonyl (C=O) groups is 2. The molecule has 3 rings (SSSR count). The fourth-order valence-corrected chi connectivity index (χ4v) is 4.71. The van der Waals surface area contributed by atoms with Crippen LogP contribution in [-0.4, -0.2) is 42.8 Å². The number of carboxylic acids is 1. The van der Waals surface area contributed by atoms with Gasteiger partial charge in [-0.15, -0.1) is 0 Å². The smallest absolute Gasteiger partial charge is 0.335 e. The second-order valence-electron chi connectivity index (χ2n) is 6.75. The van der Waals surface area contributed by atoms with E-state index in [9.17, 15) is 18.0 Å². The number of benzene rings is 2. The third-order valence-corrected chi connectivity index (χ3v) is 6.51. The van der Waals surface area contributed by atoms with Crippen molar-refractivity contribution in [3.8, 4) is 0 Å². The van der Waals surface area contributed by atoms with Gasteiger partial charge >= 0.3 is 5.97 Å². The number of sulfonamides is 1. The molecule has 2 aromatic carbocycles. The van der Waals surface area contributed by atoms with Crippen molar-refractivity contribution >= 4 is 27.6 Å². The number of hydrogen-bond donors (Lipinski definition) is 2. The van der Waals surface area contributed by atoms with Crippen LogP contribution in [0.25, 0.3) is 0 Å². The van der Waals surface area contributed by atoms with E-state index in [-0.39, 0.29) is 17.2 Å². The fraction of sp³-hybridized carbons (Fsp3) is 0.300. The summed E-state index contributed by atoms with van der Waals surface area (Å²) in [5.41, 5.74) is 1.64. The van der Waals surface area contributed by atoms with Gasteiger partial charge in [-0.25, -0.2) is 17.5 Å². The second kappa shape index (κ2) is 8.53. The van der Waals surface area contributed by atoms with Gasteiger partial charge in [0.1, 0.15) is 0 Å². The molecule has 7 nitrogen and oxygen atoms in total. The average molecular weight is 402 g/mol. The topological polar surface area (TPSA) is 104 Å². The molecule has 0 aromatic heterocycles. The molecule has 1 aliphatic heterocycles. The van der Waals surface area contributed by atoms with E-state index in [1.165, 1.54) is 28.6 Å². The molecule has 0 aliphatic carbocycles. The van der Waals surface area contributed by atoms with Crippen LogP contribution >= 0.6 is 0 Å². The first-order valence-electron chi connectivity index (χ1n) is 9.07. The number of hydrogen-bond acceptors (Lipinski definition) is 4. The lowest BCUT2D eigenvalue weighted by molar-refractivity contribution is 0.0696. The highest BCUT2D eigenvalue weighted by molar-refractivity contribution is 7.88. The van der Waals surface area contributed by atoms with Crippen molar-refractivity contribution < 1.29 is 23.1 Å². The number of piperidine rings is 1. The minimum absolute atomic E-state index is 0.0778. The Kier molecular flexibility index (Phi) is 6.11. The third kappa shape index (κ3) is 4.96. The number of amides is 1. The van der Waals surface area contributed by atoms with Gasteiger partial charge in [-0.3, -0.25) is 4.79 Å². The summed E-state index contributed by atoms with van der Waals surface area (Å²) >= 11 is 0. The summed E-state index contributed by atoms with van der Waals surface area (Å²) in [5.74, 6) is -1.47. The van der Waals surface area contributed by atoms with E-state index in [2.05, 4.69) is 5.32 Å². The van der Waals surface area contributed by atoms with Crippen LogP contribution in [0.5, 0.6) is 0 Å². The zero-order valence-corrected chi connectivity index (χ0v) is 16.1. The van der Waals surface area contributed by atoms with Gasteiger partial charge in [0.05, 0.1) is 11.3 Å². The lowest BCUT2D eigenvalue weighted by atomic mass is 10.1. The molecule has 148 valence electrons. The van der Waals surface area contributed by atoms with Crippen molar-refractivity contribution in [1.29, 1.82) is 0 Å². The van der Waals surface area contributed by atoms with Crippen LogP contribution in [0.3, 0.4) is 0 Å². The predicted molar refractivity (Wildman–Crippen MR) is 106 cm³/mol. The normalized spacial score (nSPS) is 15.1. The first kappa shape index (κ1) is 20.0. The summed E-state index contributed by atoms with van der Waals surface area (Å²) < 4.78 is 26.5. The zero-order chi connectivity index (χ0) is 20.1. The molecule has 0 saturated carbocycles. The third-order valence-electron chi connectivity index (χ3n) is 4.66. The molecule has 1 saturated heterocycles. The fourth-order valence-electron chi connectivity index (χ4n) is 3.10. The maximum atomic E-state index is 12.5. The van der Waals surface area contributed by atoms with E-state index < -0.39 is 16.0 Å². The number of rotatable bonds is 6. The van der Waals surface area contributed by atoms with Crippen molar-refractivity contribution in [1.82, 2.24) is 4.31 Å². The SMILES string of the molecule is O=C(O)c1ccc(NC(=O)c2ccc(CS(=O)(=O)N3CCCCC3)cc2)cc1. The van der Waals surface area contributed by atoms with Gasteiger partial charge in [0.2, 0.25) is 10.0 Å². The summed E-state index contributed by atoms with van der Waals surface area (Å²) in [6.07, 6.45) is 2.85. The summed E-state index contributed by atoms with van der Waals surface area (Å²) in [6, 6.07) is 12.3. The number of carbonyl (C=O) groups excluding carboxylic acids is 1. The lowest BCUT2D eigenvalue weighted by Gasteiger charge is -2.25. The highest BCUT2D eigenvalue weighted by Gasteiger charge is 2.24. The Morgan fingerprint density at radius 3 is 2.04 bits per heavy atom. The van der Waals surface area contributed by atoms with Gasteiger partial charge in [0.15, 0.2) is 0 Å². The zero-order valence-electron chi connectivity index (χ0n) is 15.3. The Morgan fingerprint density at radius 1 is 0.893 bits per heavy atom. The van der Waals surface area contributed by atoms with Gasteiger partial charge in [-0.05, 0) is 54.8 Å². The molecule has 2 aromatic rings. The van der Waals surface area contributed by atoms with Crippen LogP contribution in [0.15, 0.2) is 48.5 Å². The van der Waals surface area contributed by atoms with Gasteiger partial charge < -0.3 is 10.4 Å². The first-order chi connectivity index (χ1) is 13.3. The van der Waals surface area contributed by atoms with Crippen LogP contribution < -0.4 is 5.32 Å². The second-order valence-corrected chi connectivity index (χ2v) is 8.72. The Bertz CT molecular complexity index is 947. The van der Waals surface area contributed by atoms with E-state index in [1.54, 1.807) is 24.3 Å². The molecule has 0 radical (unpaired) electrons. The van der Waals surface area contributed by atoms with Crippen LogP contribution in [-0.2, 0) is 15.8 Å². The summed E-state index contributed by atoms with van der Waals surface area (Å²) in [4.78, 5) is 23.2. The molecule has 1 fully saturated rings. The molecule has 2 N–H and O–H groups in total. The maximum Gasteiger partial charge on any atom is 0.335 e. The highest BCUT2D eigenvalue weighted by Crippen LogP contribution is 2.18. The van der Waals surface area contributed by atoms with Gasteiger partial charge in [-0.2, -0.15) is 0 Å². The molecule has 1 aliphatic rings. The molecular weight excluding hydrogens is 380 g/mol. The summed E-state index contributed by atoms with van der Waals surface area (Å²) in [6.45, 7) is 1.15. The number of anilines is 1. The summed E-state index contributed by atoms with van der Waals surface area (Å²) in [5, 5.41) is 11.6. The van der Waals surface area contributed by atoms with Crippen molar-refractivity contribution in [2.75, 3.05) is 18.4 Å². The molecular formula is C20H22N2O5S. The lowest BCUT2D eigenvalue weighted by Crippen LogP contribution is -2.36. The van der Waals surface area contributed by atoms with Crippen LogP contribution in [0.4, 0.5) is 5.69 Å². The Balaban J connectivity index is 1.63. The van der Waals surface area contributed by atoms with Crippen LogP contribution in [0, 0.1) is 0 Å². The molecule has 28 heavy (non-hydrogen) atoms. The number of nitrogens with one attached hydrogen (secondary N) is 1. The molecule has 1 amide bonds. The van der Waals surface area contributed by atoms with Crippen LogP contribution in [0.2, 0.25) is 0 Å². The van der Waals surface area contributed by atoms with E-state index in [0.29, 0.717) is 29.9 Å². The Hall–Kier alpha value is -2.71. The van der Waals surface area contributed by atoms with E-state index in [4.69, 9.17) is 5.11 Å². The van der Waals surface area contributed by atoms with Gasteiger partial charge in [0, 0.05) is 24.3 Å². The molecule has 8 heteroatoms. The average Bonchev–Trinajstić information content (AvgIpc) is 2.69. The van der Waals surface area contributed by atoms with E-state index in [0.717, 1.165) is 19.3 Å². The van der Waals surface area contributed by atoms with Crippen molar-refractivity contribution in [2.45, 2.75) is 25.0 Å². The predicted octanol–water partition coefficient (Wildman–Crippen LogP) is 2.95. The minimum Gasteiger partial charge on any atom is -0.478 e. The number of aromatic carboxylic acids is 1. The monoisotopic (exact) mass is 402 g/mol. The molecule has 0 spiro atoms. The minimum atomic E-state index is -3.34. The molecule has 0 bridgehead atoms. The van der Waals surface area contributed by atoms with E-state index >= 15 is 0 Å².